The first kappa shape index (κ1) is 14.7. The number of sulfonamides is 1. The van der Waals surface area contributed by atoms with E-state index in [1.165, 1.54) is 12.8 Å². The normalized spacial score (nSPS) is 18.9. The Morgan fingerprint density at radius 2 is 1.81 bits per heavy atom. The van der Waals surface area contributed by atoms with Gasteiger partial charge in [-0.25, -0.2) is 8.42 Å². The van der Waals surface area contributed by atoms with Crippen LogP contribution in [0.4, 0.5) is 5.69 Å². The fraction of sp³-hybridized carbons (Fsp3) is 0.600. The fourth-order valence-electron chi connectivity index (χ4n) is 2.35. The zero-order chi connectivity index (χ0) is 14.9. The molecule has 0 aromatic heterocycles. The van der Waals surface area contributed by atoms with Gasteiger partial charge in [0.2, 0.25) is 10.0 Å². The number of nitrogen functional groups attached to an aromatic ring is 1. The van der Waals surface area contributed by atoms with E-state index in [9.17, 15) is 8.42 Å². The van der Waals surface area contributed by atoms with Crippen LogP contribution < -0.4 is 10.5 Å². The number of nitrogens with zero attached hydrogens (tertiary/aromatic N) is 1. The molecule has 2 saturated carbocycles. The Hall–Kier alpha value is -1.27. The lowest BCUT2D eigenvalue weighted by Crippen LogP contribution is -2.38. The van der Waals surface area contributed by atoms with E-state index in [1.54, 1.807) is 28.6 Å². The van der Waals surface area contributed by atoms with Crippen LogP contribution in [-0.4, -0.2) is 37.7 Å². The van der Waals surface area contributed by atoms with Crippen molar-refractivity contribution in [2.45, 2.75) is 31.7 Å². The highest BCUT2D eigenvalue weighted by Crippen LogP contribution is 2.36. The molecule has 21 heavy (non-hydrogen) atoms. The second-order valence-corrected chi connectivity index (χ2v) is 8.02. The second-order valence-electron chi connectivity index (χ2n) is 5.98. The Bertz CT molecular complexity index is 577. The molecule has 5 nitrogen and oxygen atoms in total. The van der Waals surface area contributed by atoms with Crippen molar-refractivity contribution in [1.29, 1.82) is 0 Å². The predicted molar refractivity (Wildman–Crippen MR) is 82.6 cm³/mol. The molecule has 0 spiro atoms. The van der Waals surface area contributed by atoms with Gasteiger partial charge >= 0.3 is 0 Å². The van der Waals surface area contributed by atoms with Crippen molar-refractivity contribution < 1.29 is 13.2 Å². The lowest BCUT2D eigenvalue weighted by Gasteiger charge is -2.21. The molecular formula is C15H22N2O3S. The maximum atomic E-state index is 12.4. The van der Waals surface area contributed by atoms with Crippen LogP contribution in [0, 0.1) is 5.92 Å². The fourth-order valence-corrected chi connectivity index (χ4v) is 3.98. The summed E-state index contributed by atoms with van der Waals surface area (Å²) in [5, 5.41) is 0. The largest absolute Gasteiger partial charge is 0.492 e. The van der Waals surface area contributed by atoms with Crippen LogP contribution in [0.1, 0.15) is 25.7 Å². The molecule has 0 radical (unpaired) electrons. The molecular weight excluding hydrogens is 288 g/mol. The standard InChI is InChI=1S/C15H22N2O3S/c16-13-3-7-15(8-4-13)20-9-10-21(18,19)17(14-5-6-14)11-12-1-2-12/h3-4,7-8,12,14H,1-2,5-6,9-11,16H2. The van der Waals surface area contributed by atoms with Gasteiger partial charge < -0.3 is 10.5 Å². The van der Waals surface area contributed by atoms with Gasteiger partial charge in [-0.3, -0.25) is 0 Å². The van der Waals surface area contributed by atoms with Crippen LogP contribution in [0.15, 0.2) is 24.3 Å². The van der Waals surface area contributed by atoms with Crippen molar-refractivity contribution >= 4 is 15.7 Å². The van der Waals surface area contributed by atoms with Gasteiger partial charge in [-0.2, -0.15) is 4.31 Å². The Morgan fingerprint density at radius 3 is 2.38 bits per heavy atom. The van der Waals surface area contributed by atoms with Crippen LogP contribution in [0.2, 0.25) is 0 Å². The van der Waals surface area contributed by atoms with Crippen LogP contribution in [0.25, 0.3) is 0 Å². The predicted octanol–water partition coefficient (Wildman–Crippen LogP) is 1.85. The quantitative estimate of drug-likeness (QED) is 0.744. The minimum Gasteiger partial charge on any atom is -0.492 e. The molecule has 0 saturated heterocycles. The maximum absolute atomic E-state index is 12.4. The molecule has 3 rings (SSSR count). The molecule has 0 unspecified atom stereocenters. The molecule has 1 aromatic rings. The van der Waals surface area contributed by atoms with Crippen molar-refractivity contribution in [3.8, 4) is 5.75 Å². The lowest BCUT2D eigenvalue weighted by molar-refractivity contribution is 0.331. The Kier molecular flexibility index (Phi) is 4.08. The van der Waals surface area contributed by atoms with Gasteiger partial charge in [-0.05, 0) is 55.9 Å². The summed E-state index contributed by atoms with van der Waals surface area (Å²) >= 11 is 0. The van der Waals surface area contributed by atoms with Gasteiger partial charge in [-0.1, -0.05) is 0 Å². The van der Waals surface area contributed by atoms with E-state index in [-0.39, 0.29) is 18.4 Å². The maximum Gasteiger partial charge on any atom is 0.217 e. The Labute approximate surface area is 126 Å². The van der Waals surface area contributed by atoms with Gasteiger partial charge in [0.1, 0.15) is 12.4 Å². The minimum atomic E-state index is -3.21. The molecule has 2 N–H and O–H groups in total. The number of nitrogens with two attached hydrogens (primary N) is 1. The summed E-state index contributed by atoms with van der Waals surface area (Å²) in [6, 6.07) is 7.24. The number of ether oxygens (including phenoxy) is 1. The first-order chi connectivity index (χ1) is 10.0. The van der Waals surface area contributed by atoms with Crippen molar-refractivity contribution in [3.63, 3.8) is 0 Å². The third-order valence-electron chi connectivity index (χ3n) is 3.94. The zero-order valence-corrected chi connectivity index (χ0v) is 12.9. The van der Waals surface area contributed by atoms with Crippen molar-refractivity contribution in [2.75, 3.05) is 24.6 Å². The molecule has 6 heteroatoms. The third kappa shape index (κ3) is 4.11. The summed E-state index contributed by atoms with van der Waals surface area (Å²) in [5.74, 6) is 1.28. The van der Waals surface area contributed by atoms with Crippen molar-refractivity contribution in [1.82, 2.24) is 4.31 Å². The number of anilines is 1. The summed E-state index contributed by atoms with van der Waals surface area (Å²) in [7, 11) is -3.21. The van der Waals surface area contributed by atoms with Gasteiger partial charge in [0, 0.05) is 18.3 Å². The first-order valence-corrected chi connectivity index (χ1v) is 9.13. The topological polar surface area (TPSA) is 72.6 Å². The molecule has 0 bridgehead atoms. The Morgan fingerprint density at radius 1 is 1.14 bits per heavy atom. The van der Waals surface area contributed by atoms with Gasteiger partial charge in [0.05, 0.1) is 5.75 Å². The van der Waals surface area contributed by atoms with E-state index in [1.807, 2.05) is 0 Å². The molecule has 0 aliphatic heterocycles. The molecule has 0 amide bonds. The minimum absolute atomic E-state index is 0.0423. The van der Waals surface area contributed by atoms with E-state index < -0.39 is 10.0 Å². The summed E-state index contributed by atoms with van der Waals surface area (Å²) in [4.78, 5) is 0. The zero-order valence-electron chi connectivity index (χ0n) is 12.1. The molecule has 1 aromatic carbocycles. The molecule has 2 aliphatic carbocycles. The van der Waals surface area contributed by atoms with Gasteiger partial charge in [-0.15, -0.1) is 0 Å². The highest BCUT2D eigenvalue weighted by molar-refractivity contribution is 7.89. The number of hydrogen-bond donors (Lipinski definition) is 1. The van der Waals surface area contributed by atoms with Crippen molar-refractivity contribution in [3.05, 3.63) is 24.3 Å². The second kappa shape index (κ2) is 5.85. The summed E-state index contributed by atoms with van der Waals surface area (Å²) < 4.78 is 32.1. The van der Waals surface area contributed by atoms with Crippen LogP contribution in [0.5, 0.6) is 5.75 Å². The monoisotopic (exact) mass is 310 g/mol. The van der Waals surface area contributed by atoms with Crippen molar-refractivity contribution in [2.24, 2.45) is 5.92 Å². The van der Waals surface area contributed by atoms with E-state index in [0.29, 0.717) is 23.9 Å². The van der Waals surface area contributed by atoms with Gasteiger partial charge in [0.15, 0.2) is 0 Å². The first-order valence-electron chi connectivity index (χ1n) is 7.52. The molecule has 116 valence electrons. The smallest absolute Gasteiger partial charge is 0.217 e. The summed E-state index contributed by atoms with van der Waals surface area (Å²) in [6.07, 6.45) is 4.34. The Balaban J connectivity index is 1.53. The average molecular weight is 310 g/mol. The van der Waals surface area contributed by atoms with E-state index in [0.717, 1.165) is 12.8 Å². The number of benzene rings is 1. The molecule has 2 fully saturated rings. The number of hydrogen-bond acceptors (Lipinski definition) is 4. The molecule has 0 heterocycles. The van der Waals surface area contributed by atoms with Crippen LogP contribution in [0.3, 0.4) is 0 Å². The van der Waals surface area contributed by atoms with E-state index in [2.05, 4.69) is 0 Å². The molecule has 2 aliphatic rings. The number of rotatable bonds is 8. The average Bonchev–Trinajstić information content (AvgIpc) is 3.32. The van der Waals surface area contributed by atoms with Crippen LogP contribution in [-0.2, 0) is 10.0 Å². The summed E-state index contributed by atoms with van der Waals surface area (Å²) in [6.45, 7) is 0.884. The highest BCUT2D eigenvalue weighted by Gasteiger charge is 2.40. The SMILES string of the molecule is Nc1ccc(OCCS(=O)(=O)N(CC2CC2)C2CC2)cc1. The van der Waals surface area contributed by atoms with Crippen LogP contribution >= 0.6 is 0 Å². The summed E-state index contributed by atoms with van der Waals surface area (Å²) in [5.41, 5.74) is 6.26. The van der Waals surface area contributed by atoms with E-state index >= 15 is 0 Å². The van der Waals surface area contributed by atoms with E-state index in [4.69, 9.17) is 10.5 Å². The molecule has 0 atom stereocenters. The van der Waals surface area contributed by atoms with Gasteiger partial charge in [0.25, 0.3) is 0 Å². The highest BCUT2D eigenvalue weighted by atomic mass is 32.2. The third-order valence-corrected chi connectivity index (χ3v) is 5.78. The lowest BCUT2D eigenvalue weighted by atomic mass is 10.3.